The second-order valence-electron chi connectivity index (χ2n) is 10.9. The highest BCUT2D eigenvalue weighted by Crippen LogP contribution is 2.47. The molecule has 3 atom stereocenters. The molecule has 3 aromatic rings. The Morgan fingerprint density at radius 1 is 1.03 bits per heavy atom. The lowest BCUT2D eigenvalue weighted by Gasteiger charge is -2.43. The molecule has 8 nitrogen and oxygen atoms in total. The van der Waals surface area contributed by atoms with E-state index in [1.807, 2.05) is 60.7 Å². The minimum atomic E-state index is -0.648. The molecule has 2 aromatic carbocycles. The van der Waals surface area contributed by atoms with Gasteiger partial charge in [0.05, 0.1) is 17.5 Å². The van der Waals surface area contributed by atoms with E-state index in [1.54, 1.807) is 11.1 Å². The maximum absolute atomic E-state index is 13.5. The number of nitrogens with one attached hydrogen (secondary N) is 2. The summed E-state index contributed by atoms with van der Waals surface area (Å²) in [7, 11) is 0. The molecule has 1 aromatic heterocycles. The first-order valence-electron chi connectivity index (χ1n) is 13.3. The van der Waals surface area contributed by atoms with Gasteiger partial charge in [-0.1, -0.05) is 42.5 Å². The van der Waals surface area contributed by atoms with Gasteiger partial charge in [-0.05, 0) is 67.1 Å². The van der Waals surface area contributed by atoms with Crippen LogP contribution in [0.4, 0.5) is 11.5 Å². The lowest BCUT2D eigenvalue weighted by Crippen LogP contribution is -2.57. The van der Waals surface area contributed by atoms with Crippen LogP contribution in [-0.4, -0.2) is 58.2 Å². The van der Waals surface area contributed by atoms with Gasteiger partial charge in [-0.3, -0.25) is 19.3 Å². The van der Waals surface area contributed by atoms with Crippen molar-refractivity contribution >= 4 is 29.2 Å². The Hall–Kier alpha value is -4.04. The third-order valence-electron chi connectivity index (χ3n) is 8.68. The van der Waals surface area contributed by atoms with Crippen molar-refractivity contribution in [3.05, 3.63) is 89.1 Å². The zero-order valence-electron chi connectivity index (χ0n) is 21.0. The normalized spacial score (nSPS) is 25.7. The van der Waals surface area contributed by atoms with Gasteiger partial charge in [-0.2, -0.15) is 0 Å². The van der Waals surface area contributed by atoms with Crippen LogP contribution < -0.4 is 10.6 Å². The number of anilines is 2. The van der Waals surface area contributed by atoms with Gasteiger partial charge < -0.3 is 15.5 Å². The smallest absolute Gasteiger partial charge is 0.244 e. The zero-order valence-corrected chi connectivity index (χ0v) is 21.0. The summed E-state index contributed by atoms with van der Waals surface area (Å²) >= 11 is 0. The molecule has 1 spiro atoms. The van der Waals surface area contributed by atoms with Gasteiger partial charge in [-0.15, -0.1) is 0 Å². The first-order valence-corrected chi connectivity index (χ1v) is 13.3. The number of hydrogen-bond acceptors (Lipinski definition) is 5. The van der Waals surface area contributed by atoms with Crippen LogP contribution in [0.5, 0.6) is 0 Å². The first kappa shape index (κ1) is 23.1. The summed E-state index contributed by atoms with van der Waals surface area (Å²) in [6.07, 6.45) is 4.71. The van der Waals surface area contributed by atoms with Gasteiger partial charge in [0.2, 0.25) is 17.7 Å². The van der Waals surface area contributed by atoms with Gasteiger partial charge >= 0.3 is 0 Å². The van der Waals surface area contributed by atoms with Gasteiger partial charge in [-0.25, -0.2) is 4.98 Å². The van der Waals surface area contributed by atoms with Crippen molar-refractivity contribution < 1.29 is 14.4 Å². The Labute approximate surface area is 221 Å². The molecule has 38 heavy (non-hydrogen) atoms. The number of carbonyl (C=O) groups is 3. The van der Waals surface area contributed by atoms with Gasteiger partial charge in [0, 0.05) is 24.0 Å². The van der Waals surface area contributed by atoms with Gasteiger partial charge in [0.1, 0.15) is 12.4 Å². The third-order valence-corrected chi connectivity index (χ3v) is 8.68. The number of hydrogen-bond donors (Lipinski definition) is 2. The number of aromatic nitrogens is 1. The number of fused-ring (bicyclic) bond motifs is 4. The summed E-state index contributed by atoms with van der Waals surface area (Å²) in [5.41, 5.74) is 4.16. The van der Waals surface area contributed by atoms with Crippen LogP contribution in [0.15, 0.2) is 66.9 Å². The largest absolute Gasteiger partial charge is 0.325 e. The molecule has 7 rings (SSSR count). The Morgan fingerprint density at radius 3 is 2.74 bits per heavy atom. The minimum Gasteiger partial charge on any atom is -0.325 e. The van der Waals surface area contributed by atoms with Crippen LogP contribution in [0, 0.1) is 0 Å². The Bertz CT molecular complexity index is 1460. The van der Waals surface area contributed by atoms with E-state index < -0.39 is 5.41 Å². The SMILES string of the molecule is O=C(CN1C(=O)[C@@H]2CCCN2C[C@H]1c1ccccc1)Nc1ccc2c(c1)C[C@@]1(C2)C(=O)Nc2ncccc21. The molecular weight excluding hydrogens is 478 g/mol. The number of nitrogens with zero attached hydrogens (tertiary/aromatic N) is 3. The van der Waals surface area contributed by atoms with E-state index in [1.165, 1.54) is 0 Å². The molecule has 2 fully saturated rings. The first-order chi connectivity index (χ1) is 18.5. The summed E-state index contributed by atoms with van der Waals surface area (Å²) in [6.45, 7) is 1.67. The van der Waals surface area contributed by atoms with Crippen molar-refractivity contribution in [2.45, 2.75) is 43.2 Å². The molecular formula is C30H29N5O3. The number of amides is 3. The van der Waals surface area contributed by atoms with Crippen molar-refractivity contribution in [3.8, 4) is 0 Å². The van der Waals surface area contributed by atoms with Crippen molar-refractivity contribution in [2.24, 2.45) is 0 Å². The van der Waals surface area contributed by atoms with Gasteiger partial charge in [0.15, 0.2) is 0 Å². The second kappa shape index (κ2) is 8.77. The summed E-state index contributed by atoms with van der Waals surface area (Å²) < 4.78 is 0. The fourth-order valence-electron chi connectivity index (χ4n) is 6.84. The highest BCUT2D eigenvalue weighted by atomic mass is 16.2. The van der Waals surface area contributed by atoms with E-state index in [0.29, 0.717) is 24.3 Å². The number of rotatable bonds is 4. The Morgan fingerprint density at radius 2 is 1.87 bits per heavy atom. The van der Waals surface area contributed by atoms with Crippen LogP contribution >= 0.6 is 0 Å². The average molecular weight is 508 g/mol. The van der Waals surface area contributed by atoms with E-state index in [9.17, 15) is 14.4 Å². The summed E-state index contributed by atoms with van der Waals surface area (Å²) in [6, 6.07) is 19.4. The predicted molar refractivity (Wildman–Crippen MR) is 143 cm³/mol. The number of piperazine rings is 1. The average Bonchev–Trinajstić information content (AvgIpc) is 3.62. The molecule has 4 aliphatic rings. The number of carbonyl (C=O) groups excluding carboxylic acids is 3. The lowest BCUT2D eigenvalue weighted by atomic mass is 9.79. The molecule has 2 saturated heterocycles. The molecule has 2 N–H and O–H groups in total. The molecule has 1 aliphatic carbocycles. The monoisotopic (exact) mass is 507 g/mol. The van der Waals surface area contributed by atoms with Crippen molar-refractivity contribution in [1.82, 2.24) is 14.8 Å². The highest BCUT2D eigenvalue weighted by molar-refractivity contribution is 6.06. The quantitative estimate of drug-likeness (QED) is 0.566. The number of pyridine rings is 1. The lowest BCUT2D eigenvalue weighted by molar-refractivity contribution is -0.147. The molecule has 192 valence electrons. The Kier molecular flexibility index (Phi) is 5.33. The minimum absolute atomic E-state index is 0.00517. The molecule has 4 heterocycles. The summed E-state index contributed by atoms with van der Waals surface area (Å²) in [5.74, 6) is 0.433. The predicted octanol–water partition coefficient (Wildman–Crippen LogP) is 3.06. The molecule has 3 amide bonds. The summed E-state index contributed by atoms with van der Waals surface area (Å²) in [5, 5.41) is 5.96. The van der Waals surface area contributed by atoms with Crippen LogP contribution in [-0.2, 0) is 32.6 Å². The van der Waals surface area contributed by atoms with E-state index >= 15 is 0 Å². The topological polar surface area (TPSA) is 94.6 Å². The van der Waals surface area contributed by atoms with E-state index in [-0.39, 0.29) is 36.3 Å². The number of benzene rings is 2. The van der Waals surface area contributed by atoms with Gasteiger partial charge in [0.25, 0.3) is 0 Å². The van der Waals surface area contributed by atoms with Crippen LogP contribution in [0.3, 0.4) is 0 Å². The summed E-state index contributed by atoms with van der Waals surface area (Å²) in [4.78, 5) is 48.1. The maximum Gasteiger partial charge on any atom is 0.244 e. The highest BCUT2D eigenvalue weighted by Gasteiger charge is 2.51. The third kappa shape index (κ3) is 3.62. The van der Waals surface area contributed by atoms with Crippen molar-refractivity contribution in [1.29, 1.82) is 0 Å². The molecule has 8 heteroatoms. The zero-order chi connectivity index (χ0) is 25.9. The molecule has 0 radical (unpaired) electrons. The standard InChI is InChI=1S/C30H29N5O3/c36-26(18-35-25(19-6-2-1-3-7-19)17-34-13-5-9-24(34)28(35)37)32-22-11-10-20-15-30(16-21(20)14-22)23-8-4-12-31-27(23)33-29(30)38/h1-4,6-8,10-12,14,24-25H,5,9,13,15-18H2,(H,32,36)(H,31,33,38)/t24-,25-,30+/m0/s1. The van der Waals surface area contributed by atoms with E-state index in [4.69, 9.17) is 0 Å². The fourth-order valence-corrected chi connectivity index (χ4v) is 6.84. The van der Waals surface area contributed by atoms with Crippen LogP contribution in [0.25, 0.3) is 0 Å². The Balaban J connectivity index is 1.10. The van der Waals surface area contributed by atoms with Crippen LogP contribution in [0.1, 0.15) is 41.1 Å². The fraction of sp³-hybridized carbons (Fsp3) is 0.333. The molecule has 0 unspecified atom stereocenters. The van der Waals surface area contributed by atoms with E-state index in [0.717, 1.165) is 48.2 Å². The molecule has 0 bridgehead atoms. The van der Waals surface area contributed by atoms with Crippen LogP contribution in [0.2, 0.25) is 0 Å². The van der Waals surface area contributed by atoms with E-state index in [2.05, 4.69) is 20.5 Å². The molecule has 3 aliphatic heterocycles. The maximum atomic E-state index is 13.5. The second-order valence-corrected chi connectivity index (χ2v) is 10.9. The molecule has 0 saturated carbocycles. The van der Waals surface area contributed by atoms with Crippen molar-refractivity contribution in [3.63, 3.8) is 0 Å². The van der Waals surface area contributed by atoms with Crippen molar-refractivity contribution in [2.75, 3.05) is 30.3 Å².